The number of alkyl halides is 3. The maximum absolute atomic E-state index is 12.8. The lowest BCUT2D eigenvalue weighted by molar-refractivity contribution is -0.138. The summed E-state index contributed by atoms with van der Waals surface area (Å²) >= 11 is 0. The number of carbonyl (C=O) groups excluding carboxylic acids is 1. The number of halogens is 3. The smallest absolute Gasteiger partial charge is 0.378 e. The molecule has 2 aliphatic rings. The molecular formula is C24H28F3N3O2. The van der Waals surface area contributed by atoms with Gasteiger partial charge in [0.25, 0.3) is 0 Å². The summed E-state index contributed by atoms with van der Waals surface area (Å²) in [6.07, 6.45) is -1.95. The average molecular weight is 448 g/mol. The fourth-order valence-corrected chi connectivity index (χ4v) is 4.34. The van der Waals surface area contributed by atoms with Gasteiger partial charge < -0.3 is 9.64 Å². The number of nitrogens with zero attached hydrogens (tertiary/aromatic N) is 3. The number of likely N-dealkylation sites (tertiary alicyclic amines) is 1. The Labute approximate surface area is 186 Å². The van der Waals surface area contributed by atoms with Gasteiger partial charge in [-0.2, -0.15) is 13.2 Å². The van der Waals surface area contributed by atoms with E-state index in [0.29, 0.717) is 45.2 Å². The third-order valence-corrected chi connectivity index (χ3v) is 6.22. The van der Waals surface area contributed by atoms with Crippen molar-refractivity contribution in [1.82, 2.24) is 14.8 Å². The highest BCUT2D eigenvalue weighted by Crippen LogP contribution is 2.30. The van der Waals surface area contributed by atoms with Crippen LogP contribution in [0.1, 0.15) is 41.3 Å². The predicted octanol–water partition coefficient (Wildman–Crippen LogP) is 3.73. The van der Waals surface area contributed by atoms with E-state index in [1.54, 1.807) is 0 Å². The number of piperidine rings is 1. The molecule has 1 amide bonds. The lowest BCUT2D eigenvalue weighted by atomic mass is 9.92. The van der Waals surface area contributed by atoms with E-state index < -0.39 is 11.7 Å². The largest absolute Gasteiger partial charge is 0.416 e. The van der Waals surface area contributed by atoms with E-state index in [1.165, 1.54) is 12.1 Å². The second-order valence-electron chi connectivity index (χ2n) is 8.47. The van der Waals surface area contributed by atoms with Gasteiger partial charge in [0.1, 0.15) is 0 Å². The minimum atomic E-state index is -4.32. The van der Waals surface area contributed by atoms with Crippen LogP contribution in [0.15, 0.2) is 42.5 Å². The monoisotopic (exact) mass is 447 g/mol. The molecule has 2 saturated heterocycles. The topological polar surface area (TPSA) is 45.7 Å². The number of benzene rings is 1. The van der Waals surface area contributed by atoms with Gasteiger partial charge in [0.05, 0.1) is 25.3 Å². The number of amides is 1. The van der Waals surface area contributed by atoms with E-state index in [4.69, 9.17) is 9.72 Å². The van der Waals surface area contributed by atoms with E-state index >= 15 is 0 Å². The highest BCUT2D eigenvalue weighted by Gasteiger charge is 2.30. The van der Waals surface area contributed by atoms with Crippen molar-refractivity contribution in [3.8, 4) is 0 Å². The van der Waals surface area contributed by atoms with Crippen molar-refractivity contribution in [2.24, 2.45) is 0 Å². The molecule has 0 spiro atoms. The first-order chi connectivity index (χ1) is 15.4. The van der Waals surface area contributed by atoms with Gasteiger partial charge >= 0.3 is 6.18 Å². The highest BCUT2D eigenvalue weighted by molar-refractivity contribution is 5.78. The summed E-state index contributed by atoms with van der Waals surface area (Å²) in [4.78, 5) is 21.3. The molecule has 0 aliphatic carbocycles. The van der Waals surface area contributed by atoms with Crippen molar-refractivity contribution in [3.63, 3.8) is 0 Å². The van der Waals surface area contributed by atoms with Crippen molar-refractivity contribution < 1.29 is 22.7 Å². The van der Waals surface area contributed by atoms with Gasteiger partial charge in [0.15, 0.2) is 0 Å². The fourth-order valence-electron chi connectivity index (χ4n) is 4.34. The quantitative estimate of drug-likeness (QED) is 0.701. The van der Waals surface area contributed by atoms with E-state index in [1.807, 2.05) is 23.1 Å². The maximum Gasteiger partial charge on any atom is 0.416 e. The second kappa shape index (κ2) is 10.0. The van der Waals surface area contributed by atoms with Gasteiger partial charge in [-0.05, 0) is 55.8 Å². The lowest BCUT2D eigenvalue weighted by Crippen LogP contribution is -2.47. The first-order valence-corrected chi connectivity index (χ1v) is 11.1. The molecule has 4 rings (SSSR count). The van der Waals surface area contributed by atoms with Crippen LogP contribution in [0.4, 0.5) is 13.2 Å². The van der Waals surface area contributed by atoms with Crippen molar-refractivity contribution >= 4 is 5.91 Å². The molecule has 1 aromatic heterocycles. The first-order valence-electron chi connectivity index (χ1n) is 11.1. The number of hydrogen-bond acceptors (Lipinski definition) is 4. The zero-order valence-electron chi connectivity index (χ0n) is 18.0. The molecule has 0 bridgehead atoms. The third-order valence-electron chi connectivity index (χ3n) is 6.22. The summed E-state index contributed by atoms with van der Waals surface area (Å²) in [6.45, 7) is 4.73. The Morgan fingerprint density at radius 2 is 1.69 bits per heavy atom. The Bertz CT molecular complexity index is 903. The molecule has 8 heteroatoms. The summed E-state index contributed by atoms with van der Waals surface area (Å²) in [7, 11) is 0. The van der Waals surface area contributed by atoms with Gasteiger partial charge in [-0.15, -0.1) is 0 Å². The fraction of sp³-hybridized carbons (Fsp3) is 0.500. The minimum absolute atomic E-state index is 0.170. The molecule has 2 aromatic rings. The van der Waals surface area contributed by atoms with Crippen LogP contribution in [0.3, 0.4) is 0 Å². The van der Waals surface area contributed by atoms with Crippen LogP contribution in [0, 0.1) is 0 Å². The van der Waals surface area contributed by atoms with E-state index in [-0.39, 0.29) is 5.91 Å². The second-order valence-corrected chi connectivity index (χ2v) is 8.47. The summed E-state index contributed by atoms with van der Waals surface area (Å²) in [5.74, 6) is 0.501. The van der Waals surface area contributed by atoms with Gasteiger partial charge in [0, 0.05) is 36.8 Å². The number of hydrogen-bond donors (Lipinski definition) is 0. The number of rotatable bonds is 5. The summed E-state index contributed by atoms with van der Waals surface area (Å²) in [5.41, 5.74) is 2.04. The van der Waals surface area contributed by atoms with Crippen LogP contribution < -0.4 is 0 Å². The molecule has 3 heterocycles. The van der Waals surface area contributed by atoms with E-state index in [0.717, 1.165) is 55.0 Å². The Kier molecular flexibility index (Phi) is 7.10. The van der Waals surface area contributed by atoms with Gasteiger partial charge in [-0.1, -0.05) is 18.2 Å². The summed E-state index contributed by atoms with van der Waals surface area (Å²) in [5, 5.41) is 0. The number of aromatic nitrogens is 1. The molecule has 0 saturated carbocycles. The Morgan fingerprint density at radius 1 is 1.00 bits per heavy atom. The van der Waals surface area contributed by atoms with E-state index in [9.17, 15) is 18.0 Å². The van der Waals surface area contributed by atoms with Crippen molar-refractivity contribution in [2.75, 3.05) is 45.9 Å². The zero-order valence-corrected chi connectivity index (χ0v) is 18.0. The van der Waals surface area contributed by atoms with Crippen LogP contribution in [-0.2, 0) is 22.1 Å². The molecule has 0 N–H and O–H groups in total. The van der Waals surface area contributed by atoms with E-state index in [2.05, 4.69) is 4.90 Å². The molecule has 2 aliphatic heterocycles. The molecule has 2 fully saturated rings. The number of pyridine rings is 1. The van der Waals surface area contributed by atoms with Crippen LogP contribution in [0.25, 0.3) is 0 Å². The van der Waals surface area contributed by atoms with Gasteiger partial charge in [-0.25, -0.2) is 0 Å². The van der Waals surface area contributed by atoms with Crippen LogP contribution in [-0.4, -0.2) is 66.6 Å². The van der Waals surface area contributed by atoms with Crippen LogP contribution >= 0.6 is 0 Å². The highest BCUT2D eigenvalue weighted by atomic mass is 19.4. The minimum Gasteiger partial charge on any atom is -0.378 e. The van der Waals surface area contributed by atoms with Crippen LogP contribution in [0.2, 0.25) is 0 Å². The maximum atomic E-state index is 12.8. The molecule has 0 unspecified atom stereocenters. The Balaban J connectivity index is 1.30. The summed E-state index contributed by atoms with van der Waals surface area (Å²) < 4.78 is 43.6. The molecule has 5 nitrogen and oxygen atoms in total. The van der Waals surface area contributed by atoms with Crippen LogP contribution in [0.5, 0.6) is 0 Å². The molecule has 0 radical (unpaired) electrons. The van der Waals surface area contributed by atoms with Crippen molar-refractivity contribution in [1.29, 1.82) is 0 Å². The number of ether oxygens (including phenoxy) is 1. The Hall–Kier alpha value is -2.45. The van der Waals surface area contributed by atoms with Gasteiger partial charge in [-0.3, -0.25) is 14.7 Å². The molecule has 1 aromatic carbocycles. The third kappa shape index (κ3) is 5.86. The lowest BCUT2D eigenvalue weighted by Gasteiger charge is -2.34. The average Bonchev–Trinajstić information content (AvgIpc) is 2.80. The molecule has 172 valence electrons. The normalized spacial score (nSPS) is 18.7. The SMILES string of the molecule is O=C(CN1CCC(c2cccc(Cc3ccc(C(F)(F)F)cc3)n2)CC1)N1CCOCC1. The number of carbonyl (C=O) groups is 1. The molecule has 32 heavy (non-hydrogen) atoms. The number of morpholine rings is 1. The van der Waals surface area contributed by atoms with Gasteiger partial charge in [0.2, 0.25) is 5.91 Å². The zero-order chi connectivity index (χ0) is 22.6. The van der Waals surface area contributed by atoms with Crippen molar-refractivity contribution in [2.45, 2.75) is 31.4 Å². The van der Waals surface area contributed by atoms with Crippen molar-refractivity contribution in [3.05, 3.63) is 65.0 Å². The predicted molar refractivity (Wildman–Crippen MR) is 114 cm³/mol. The molecule has 0 atom stereocenters. The summed E-state index contributed by atoms with van der Waals surface area (Å²) in [6, 6.07) is 11.2. The standard InChI is InChI=1S/C24H28F3N3O2/c25-24(26,27)20-6-4-18(5-7-20)16-21-2-1-3-22(28-21)19-8-10-29(11-9-19)17-23(31)30-12-14-32-15-13-30/h1-7,19H,8-17H2. The molecular weight excluding hydrogens is 419 g/mol. The Morgan fingerprint density at radius 3 is 2.34 bits per heavy atom. The first kappa shape index (κ1) is 22.7.